The fraction of sp³-hybridized carbons (Fsp3) is 0.273. The molecule has 2 nitrogen and oxygen atoms in total. The highest BCUT2D eigenvalue weighted by Crippen LogP contribution is 2.42. The van der Waals surface area contributed by atoms with E-state index >= 15 is 0 Å². The van der Waals surface area contributed by atoms with Crippen LogP contribution in [0.5, 0.6) is 5.75 Å². The number of phenols is 1. The quantitative estimate of drug-likeness (QED) is 0.672. The van der Waals surface area contributed by atoms with Gasteiger partial charge in [0, 0.05) is 24.1 Å². The van der Waals surface area contributed by atoms with Crippen molar-refractivity contribution in [3.63, 3.8) is 0 Å². The predicted octanol–water partition coefficient (Wildman–Crippen LogP) is 1.38. The third-order valence-electron chi connectivity index (χ3n) is 2.98. The second-order valence-electron chi connectivity index (χ2n) is 3.68. The van der Waals surface area contributed by atoms with Gasteiger partial charge in [0.25, 0.3) is 0 Å². The van der Waals surface area contributed by atoms with Crippen LogP contribution in [-0.4, -0.2) is 17.7 Å². The predicted molar refractivity (Wildman–Crippen MR) is 51.4 cm³/mol. The third kappa shape index (κ3) is 0.864. The summed E-state index contributed by atoms with van der Waals surface area (Å²) in [5.41, 5.74) is 2.31. The van der Waals surface area contributed by atoms with E-state index in [0.717, 1.165) is 12.1 Å². The van der Waals surface area contributed by atoms with E-state index in [4.69, 9.17) is 0 Å². The Morgan fingerprint density at radius 2 is 2.15 bits per heavy atom. The molecular weight excluding hydrogens is 162 g/mol. The minimum Gasteiger partial charge on any atom is -0.507 e. The third-order valence-corrected chi connectivity index (χ3v) is 2.98. The average molecular weight is 173 g/mol. The Kier molecular flexibility index (Phi) is 1.30. The summed E-state index contributed by atoms with van der Waals surface area (Å²) in [5.74, 6) is 1.05. The molecule has 2 unspecified atom stereocenters. The van der Waals surface area contributed by atoms with E-state index in [1.165, 1.54) is 5.57 Å². The Hall–Kier alpha value is -1.28. The van der Waals surface area contributed by atoms with E-state index in [-0.39, 0.29) is 0 Å². The molecule has 0 saturated carbocycles. The first kappa shape index (κ1) is 7.15. The molecule has 66 valence electrons. The number of hydrogen-bond acceptors (Lipinski definition) is 2. The van der Waals surface area contributed by atoms with Crippen LogP contribution in [0.25, 0.3) is 5.57 Å². The molecule has 0 spiro atoms. The van der Waals surface area contributed by atoms with Crippen molar-refractivity contribution in [2.45, 2.75) is 6.04 Å². The van der Waals surface area contributed by atoms with Gasteiger partial charge in [-0.25, -0.2) is 0 Å². The van der Waals surface area contributed by atoms with E-state index in [9.17, 15) is 5.11 Å². The SMILES string of the molecule is Oc1ccccc1C1=CC2NCC12. The van der Waals surface area contributed by atoms with Gasteiger partial charge < -0.3 is 10.4 Å². The van der Waals surface area contributed by atoms with Crippen LogP contribution in [-0.2, 0) is 0 Å². The van der Waals surface area contributed by atoms with Crippen LogP contribution in [0, 0.1) is 5.92 Å². The maximum Gasteiger partial charge on any atom is 0.123 e. The molecule has 13 heavy (non-hydrogen) atoms. The Labute approximate surface area is 76.9 Å². The second kappa shape index (κ2) is 2.36. The first-order valence-corrected chi connectivity index (χ1v) is 4.60. The van der Waals surface area contributed by atoms with Gasteiger partial charge in [0.15, 0.2) is 0 Å². The maximum atomic E-state index is 9.61. The van der Waals surface area contributed by atoms with Gasteiger partial charge in [-0.1, -0.05) is 24.3 Å². The van der Waals surface area contributed by atoms with Crippen molar-refractivity contribution in [1.29, 1.82) is 0 Å². The van der Waals surface area contributed by atoms with Crippen LogP contribution in [0.1, 0.15) is 5.56 Å². The summed E-state index contributed by atoms with van der Waals surface area (Å²) >= 11 is 0. The fourth-order valence-electron chi connectivity index (χ4n) is 2.06. The van der Waals surface area contributed by atoms with Crippen LogP contribution < -0.4 is 5.32 Å². The number of benzene rings is 1. The van der Waals surface area contributed by atoms with Gasteiger partial charge in [-0.3, -0.25) is 0 Å². The molecular formula is C11H11NO. The second-order valence-corrected chi connectivity index (χ2v) is 3.68. The molecule has 3 rings (SSSR count). The number of phenolic OH excluding ortho intramolecular Hbond substituents is 1. The lowest BCUT2D eigenvalue weighted by Gasteiger charge is -2.46. The number of nitrogens with one attached hydrogen (secondary N) is 1. The Morgan fingerprint density at radius 1 is 1.31 bits per heavy atom. The molecule has 2 heteroatoms. The van der Waals surface area contributed by atoms with Crippen LogP contribution in [0.15, 0.2) is 30.3 Å². The van der Waals surface area contributed by atoms with Gasteiger partial charge in [-0.05, 0) is 11.6 Å². The van der Waals surface area contributed by atoms with E-state index in [0.29, 0.717) is 17.7 Å². The van der Waals surface area contributed by atoms with Crippen LogP contribution in [0.3, 0.4) is 0 Å². The number of rotatable bonds is 1. The zero-order chi connectivity index (χ0) is 8.84. The van der Waals surface area contributed by atoms with Gasteiger partial charge in [0.1, 0.15) is 5.75 Å². The number of hydrogen-bond donors (Lipinski definition) is 2. The molecule has 2 atom stereocenters. The molecule has 2 aliphatic rings. The molecule has 0 aromatic heterocycles. The lowest BCUT2D eigenvalue weighted by atomic mass is 9.71. The molecule has 1 fully saturated rings. The van der Waals surface area contributed by atoms with Crippen molar-refractivity contribution in [3.8, 4) is 5.75 Å². The zero-order valence-corrected chi connectivity index (χ0v) is 7.20. The Morgan fingerprint density at radius 3 is 2.69 bits per heavy atom. The summed E-state index contributed by atoms with van der Waals surface area (Å²) in [6.07, 6.45) is 2.20. The molecule has 2 N–H and O–H groups in total. The van der Waals surface area contributed by atoms with Gasteiger partial charge >= 0.3 is 0 Å². The molecule has 0 radical (unpaired) electrons. The highest BCUT2D eigenvalue weighted by Gasteiger charge is 2.40. The Bertz CT molecular complexity index is 383. The average Bonchev–Trinajstić information content (AvgIpc) is 2.11. The largest absolute Gasteiger partial charge is 0.507 e. The summed E-state index contributed by atoms with van der Waals surface area (Å²) in [7, 11) is 0. The van der Waals surface area contributed by atoms with Gasteiger partial charge in [-0.15, -0.1) is 0 Å². The van der Waals surface area contributed by atoms with E-state index < -0.39 is 0 Å². The lowest BCUT2D eigenvalue weighted by molar-refractivity contribution is 0.316. The molecule has 1 aromatic rings. The van der Waals surface area contributed by atoms with Crippen LogP contribution in [0.2, 0.25) is 0 Å². The number of para-hydroxylation sites is 1. The fourth-order valence-corrected chi connectivity index (χ4v) is 2.06. The monoisotopic (exact) mass is 173 g/mol. The van der Waals surface area contributed by atoms with E-state index in [1.807, 2.05) is 18.2 Å². The molecule has 1 saturated heterocycles. The van der Waals surface area contributed by atoms with Crippen LogP contribution >= 0.6 is 0 Å². The zero-order valence-electron chi connectivity index (χ0n) is 7.20. The topological polar surface area (TPSA) is 32.3 Å². The van der Waals surface area contributed by atoms with Crippen molar-refractivity contribution in [1.82, 2.24) is 5.32 Å². The molecule has 0 amide bonds. The van der Waals surface area contributed by atoms with Crippen LogP contribution in [0.4, 0.5) is 0 Å². The summed E-state index contributed by atoms with van der Waals surface area (Å²) in [5, 5.41) is 12.9. The summed E-state index contributed by atoms with van der Waals surface area (Å²) in [6, 6.07) is 8.13. The molecule has 1 heterocycles. The highest BCUT2D eigenvalue weighted by atomic mass is 16.3. The first-order valence-electron chi connectivity index (χ1n) is 4.60. The van der Waals surface area contributed by atoms with E-state index in [1.54, 1.807) is 6.07 Å². The molecule has 1 aromatic carbocycles. The highest BCUT2D eigenvalue weighted by molar-refractivity contribution is 5.79. The first-order chi connectivity index (χ1) is 6.36. The minimum atomic E-state index is 0.402. The lowest BCUT2D eigenvalue weighted by Crippen LogP contribution is -2.57. The van der Waals surface area contributed by atoms with E-state index in [2.05, 4.69) is 11.4 Å². The maximum absolute atomic E-state index is 9.61. The summed E-state index contributed by atoms with van der Waals surface area (Å²) in [4.78, 5) is 0. The van der Waals surface area contributed by atoms with Crippen molar-refractivity contribution >= 4 is 5.57 Å². The van der Waals surface area contributed by atoms with Crippen molar-refractivity contribution in [2.75, 3.05) is 6.54 Å². The molecule has 0 bridgehead atoms. The van der Waals surface area contributed by atoms with Gasteiger partial charge in [0.2, 0.25) is 0 Å². The minimum absolute atomic E-state index is 0.402. The van der Waals surface area contributed by atoms with Crippen molar-refractivity contribution in [2.24, 2.45) is 5.92 Å². The summed E-state index contributed by atoms with van der Waals surface area (Å²) < 4.78 is 0. The number of aromatic hydroxyl groups is 1. The van der Waals surface area contributed by atoms with Gasteiger partial charge in [-0.2, -0.15) is 0 Å². The standard InChI is InChI=1S/C11H11NO/c13-11-4-2-1-3-7(11)8-5-10-9(8)6-12-10/h1-5,9-10,12-13H,6H2. The molecule has 1 aliphatic carbocycles. The normalized spacial score (nSPS) is 29.7. The molecule has 1 aliphatic heterocycles. The Balaban J connectivity index is 2.02. The smallest absolute Gasteiger partial charge is 0.123 e. The van der Waals surface area contributed by atoms with Crippen molar-refractivity contribution < 1.29 is 5.11 Å². The number of fused-ring (bicyclic) bond motifs is 1. The van der Waals surface area contributed by atoms with Crippen molar-refractivity contribution in [3.05, 3.63) is 35.9 Å². The van der Waals surface area contributed by atoms with Gasteiger partial charge in [0.05, 0.1) is 0 Å². The summed E-state index contributed by atoms with van der Waals surface area (Å²) in [6.45, 7) is 1.06.